The van der Waals surface area contributed by atoms with Gasteiger partial charge in [0.2, 0.25) is 11.9 Å². The number of hydrogen-bond acceptors (Lipinski definition) is 16. The smallest absolute Gasteiger partial charge is 0.312 e. The number of amides is 1. The molecule has 8 rings (SSSR count). The van der Waals surface area contributed by atoms with Gasteiger partial charge in [0.05, 0.1) is 38.5 Å². The zero-order valence-electron chi connectivity index (χ0n) is 40.2. The molecule has 71 heavy (non-hydrogen) atoms. The van der Waals surface area contributed by atoms with Crippen molar-refractivity contribution < 1.29 is 52.8 Å². The maximum Gasteiger partial charge on any atom is 0.312 e. The van der Waals surface area contributed by atoms with Crippen LogP contribution in [-0.4, -0.2) is 116 Å². The number of nitro benzene ring substituents is 1. The van der Waals surface area contributed by atoms with Crippen LogP contribution < -0.4 is 19.5 Å². The molecule has 1 fully saturated rings. The normalized spacial score (nSPS) is 20.6. The molecule has 0 saturated carbocycles. The van der Waals surface area contributed by atoms with Crippen LogP contribution in [0.25, 0.3) is 0 Å². The van der Waals surface area contributed by atoms with E-state index in [0.717, 1.165) is 22.3 Å². The van der Waals surface area contributed by atoms with Crippen molar-refractivity contribution in [2.24, 2.45) is 15.0 Å². The molecule has 0 aromatic heterocycles. The van der Waals surface area contributed by atoms with E-state index in [1.54, 1.807) is 43.4 Å². The molecule has 370 valence electrons. The molecule has 3 heterocycles. The van der Waals surface area contributed by atoms with Crippen molar-refractivity contribution in [2.75, 3.05) is 34.5 Å². The van der Waals surface area contributed by atoms with Crippen LogP contribution in [0, 0.1) is 10.1 Å². The fourth-order valence-corrected chi connectivity index (χ4v) is 8.66. The highest BCUT2D eigenvalue weighted by Gasteiger charge is 2.53. The zero-order valence-corrected chi connectivity index (χ0v) is 40.2. The number of hydrogen-bond donors (Lipinski definition) is 2. The number of aliphatic hydroxyl groups excluding tert-OH is 1. The maximum absolute atomic E-state index is 13.4. The van der Waals surface area contributed by atoms with E-state index in [2.05, 4.69) is 36.1 Å². The number of ether oxygens (including phenoxy) is 7. The summed E-state index contributed by atoms with van der Waals surface area (Å²) < 4.78 is 42.4. The molecule has 0 spiro atoms. The Morgan fingerprint density at radius 3 is 1.97 bits per heavy atom. The number of aliphatic hydroxyl groups is 1. The number of nitrogens with one attached hydrogen (secondary N) is 1. The third-order valence-corrected chi connectivity index (χ3v) is 12.5. The van der Waals surface area contributed by atoms with E-state index in [1.807, 2.05) is 91.0 Å². The number of fused-ring (bicyclic) bond motifs is 1. The second-order valence-corrected chi connectivity index (χ2v) is 18.1. The minimum absolute atomic E-state index is 0.0713. The van der Waals surface area contributed by atoms with Gasteiger partial charge in [0, 0.05) is 19.2 Å². The largest absolute Gasteiger partial charge is 0.497 e. The number of aryl methyl sites for hydroxylation is 1. The van der Waals surface area contributed by atoms with Gasteiger partial charge in [-0.1, -0.05) is 99.6 Å². The van der Waals surface area contributed by atoms with E-state index in [9.17, 15) is 24.8 Å². The number of nitrogens with zero attached hydrogens (tertiary/aromatic N) is 5. The molecule has 6 unspecified atom stereocenters. The van der Waals surface area contributed by atoms with Crippen LogP contribution in [0.1, 0.15) is 55.0 Å². The van der Waals surface area contributed by atoms with E-state index in [4.69, 9.17) is 38.2 Å². The molecule has 0 bridgehead atoms. The summed E-state index contributed by atoms with van der Waals surface area (Å²) in [7, 11) is 4.65. The van der Waals surface area contributed by atoms with Crippen molar-refractivity contribution in [1.82, 2.24) is 10.2 Å². The molecular formula is C53H56N6O12. The molecule has 5 aromatic rings. The Hall–Kier alpha value is -7.51. The molecule has 1 saturated heterocycles. The van der Waals surface area contributed by atoms with Gasteiger partial charge in [-0.3, -0.25) is 30.0 Å². The van der Waals surface area contributed by atoms with E-state index in [0.29, 0.717) is 22.8 Å². The van der Waals surface area contributed by atoms with Crippen molar-refractivity contribution in [3.63, 3.8) is 0 Å². The number of benzene rings is 5. The van der Waals surface area contributed by atoms with Gasteiger partial charge < -0.3 is 43.2 Å². The lowest BCUT2D eigenvalue weighted by atomic mass is 9.80. The van der Waals surface area contributed by atoms with E-state index in [-0.39, 0.29) is 49.0 Å². The number of methoxy groups -OCH3 is 3. The van der Waals surface area contributed by atoms with E-state index >= 15 is 0 Å². The van der Waals surface area contributed by atoms with Crippen LogP contribution in [0.15, 0.2) is 142 Å². The predicted octanol–water partition coefficient (Wildman–Crippen LogP) is 6.50. The lowest BCUT2D eigenvalue weighted by Crippen LogP contribution is -2.53. The zero-order chi connectivity index (χ0) is 50.3. The van der Waals surface area contributed by atoms with E-state index < -0.39 is 59.1 Å². The van der Waals surface area contributed by atoms with Gasteiger partial charge >= 0.3 is 5.97 Å². The van der Waals surface area contributed by atoms with E-state index in [1.165, 1.54) is 25.6 Å². The fraction of sp³-hybridized carbons (Fsp3) is 0.340. The summed E-state index contributed by atoms with van der Waals surface area (Å²) in [5, 5.41) is 25.8. The van der Waals surface area contributed by atoms with Crippen LogP contribution >= 0.6 is 0 Å². The summed E-state index contributed by atoms with van der Waals surface area (Å²) in [5.41, 5.74) is 2.77. The molecule has 0 aliphatic carbocycles. The molecule has 1 amide bonds. The Morgan fingerprint density at radius 1 is 0.803 bits per heavy atom. The summed E-state index contributed by atoms with van der Waals surface area (Å²) in [4.78, 5) is 53.0. The summed E-state index contributed by atoms with van der Waals surface area (Å²) in [6.45, 7) is 5.78. The fourth-order valence-electron chi connectivity index (χ4n) is 8.66. The average Bonchev–Trinajstić information content (AvgIpc) is 3.95. The van der Waals surface area contributed by atoms with Gasteiger partial charge in [-0.05, 0) is 76.1 Å². The number of non-ortho nitro benzene ring substituents is 1. The first-order valence-corrected chi connectivity index (χ1v) is 23.0. The first-order chi connectivity index (χ1) is 34.2. The van der Waals surface area contributed by atoms with Crippen LogP contribution in [0.3, 0.4) is 0 Å². The number of carbonyl (C=O) groups excluding carboxylic acids is 2. The molecule has 3 aliphatic rings. The summed E-state index contributed by atoms with van der Waals surface area (Å²) in [6.07, 6.45) is -3.62. The molecule has 2 N–H and O–H groups in total. The SMILES string of the molecule is COc1ccc(C(OCC2OC(N3C=NC4C(OC(=O)CCc5ccc([N+](=O)[O-])cc5)=NC(NC(=O)COc5ccc(C(C)(C)C)cc5)=NC43)C(OC)C2O)(c2ccccc2)c2ccc(OC)cc2)cc1. The summed E-state index contributed by atoms with van der Waals surface area (Å²) >= 11 is 0. The number of carbonyl (C=O) groups is 2. The maximum atomic E-state index is 13.4. The quantitative estimate of drug-likeness (QED) is 0.0442. The van der Waals surface area contributed by atoms with Crippen LogP contribution in [0.4, 0.5) is 5.69 Å². The molecule has 18 heteroatoms. The van der Waals surface area contributed by atoms with Gasteiger partial charge in [-0.15, -0.1) is 0 Å². The van der Waals surface area contributed by atoms with Gasteiger partial charge in [0.25, 0.3) is 11.6 Å². The summed E-state index contributed by atoms with van der Waals surface area (Å²) in [6, 6.07) is 37.2. The topological polar surface area (TPSA) is 214 Å². The number of guanidine groups is 1. The highest BCUT2D eigenvalue weighted by Crippen LogP contribution is 2.43. The van der Waals surface area contributed by atoms with Crippen molar-refractivity contribution in [3.8, 4) is 17.2 Å². The summed E-state index contributed by atoms with van der Waals surface area (Å²) in [5.74, 6) is 0.209. The molecule has 3 aliphatic heterocycles. The Bertz CT molecular complexity index is 2700. The van der Waals surface area contributed by atoms with Gasteiger partial charge in [0.1, 0.15) is 41.2 Å². The molecule has 0 radical (unpaired) electrons. The van der Waals surface area contributed by atoms with Crippen LogP contribution in [0.5, 0.6) is 17.2 Å². The molecular weight excluding hydrogens is 913 g/mol. The number of esters is 1. The minimum Gasteiger partial charge on any atom is -0.497 e. The van der Waals surface area contributed by atoms with Crippen molar-refractivity contribution in [1.29, 1.82) is 0 Å². The third kappa shape index (κ3) is 11.1. The average molecular weight is 969 g/mol. The lowest BCUT2D eigenvalue weighted by molar-refractivity contribution is -0.384. The Morgan fingerprint density at radius 2 is 1.39 bits per heavy atom. The Kier molecular flexibility index (Phi) is 15.2. The lowest BCUT2D eigenvalue weighted by Gasteiger charge is -2.37. The van der Waals surface area contributed by atoms with Crippen LogP contribution in [-0.2, 0) is 46.0 Å². The number of aliphatic imine (C=N–C) groups is 3. The number of rotatable bonds is 17. The Labute approximate surface area is 411 Å². The van der Waals surface area contributed by atoms with Crippen LogP contribution in [0.2, 0.25) is 0 Å². The van der Waals surface area contributed by atoms with Crippen molar-refractivity contribution in [2.45, 2.75) is 81.4 Å². The second kappa shape index (κ2) is 21.6. The van der Waals surface area contributed by atoms with Crippen molar-refractivity contribution in [3.05, 3.63) is 165 Å². The monoisotopic (exact) mass is 968 g/mol. The molecule has 6 atom stereocenters. The van der Waals surface area contributed by atoms with Gasteiger partial charge in [-0.25, -0.2) is 4.99 Å². The van der Waals surface area contributed by atoms with Gasteiger partial charge in [0.15, 0.2) is 25.0 Å². The van der Waals surface area contributed by atoms with Gasteiger partial charge in [-0.2, -0.15) is 4.99 Å². The molecule has 18 nitrogen and oxygen atoms in total. The third-order valence-electron chi connectivity index (χ3n) is 12.5. The second-order valence-electron chi connectivity index (χ2n) is 18.1. The predicted molar refractivity (Wildman–Crippen MR) is 263 cm³/mol. The first-order valence-electron chi connectivity index (χ1n) is 23.0. The number of nitro groups is 1. The minimum atomic E-state index is -1.23. The first kappa shape index (κ1) is 49.9. The highest BCUT2D eigenvalue weighted by atomic mass is 16.6. The van der Waals surface area contributed by atoms with Crippen molar-refractivity contribution >= 4 is 35.8 Å². The standard InChI is InChI=1S/C53H56N6O12/c1-52(2,3)34-15-27-41(28-16-34)68-31-43(60)55-51-56-48-45(49(57-51)71-44(61)29-14-33-12-21-38(22-13-33)59(63)64)54-32-58(48)50-47(67-6)46(62)42(70-50)30-69-53(35-10-8-7-9-11-35,36-17-23-39(65-4)24-18-36)37-19-25-40(66-5)26-20-37/h7-13,15-28,32,42,45-48,50,62H,14,29-31H2,1-6H3,(H,55,56,60). The Balaban J connectivity index is 1.04. The molecule has 5 aromatic carbocycles. The highest BCUT2D eigenvalue weighted by molar-refractivity contribution is 6.08.